The quantitative estimate of drug-likeness (QED) is 0.480. The van der Waals surface area contributed by atoms with Gasteiger partial charge in [-0.25, -0.2) is 9.07 Å². The second kappa shape index (κ2) is 10.1. The van der Waals surface area contributed by atoms with Crippen LogP contribution in [-0.4, -0.2) is 34.0 Å². The number of aryl methyl sites for hydroxylation is 1. The number of carbonyl (C=O) groups is 3. The number of halogens is 2. The summed E-state index contributed by atoms with van der Waals surface area (Å²) in [5.74, 6) is -1.78. The standard InChI is InChI=1S/C22H21ClFN5O3/c1-13-19(20(23)29(28-13)12-15-4-8-17(24)9-5-15)22(32)26-10-14-2-6-16(7-3-14)21(31)27-11-18(25)30/h2-9H,10-12H2,1H3,(H2,25,30)(H,26,32)(H,27,31). The van der Waals surface area contributed by atoms with Crippen LogP contribution in [-0.2, 0) is 17.9 Å². The van der Waals surface area contributed by atoms with Gasteiger partial charge < -0.3 is 16.4 Å². The molecule has 1 aromatic heterocycles. The number of amides is 3. The molecule has 0 fully saturated rings. The molecule has 0 aliphatic rings. The summed E-state index contributed by atoms with van der Waals surface area (Å²) in [5, 5.41) is 9.68. The Morgan fingerprint density at radius 3 is 2.25 bits per heavy atom. The molecule has 8 nitrogen and oxygen atoms in total. The molecule has 0 aliphatic heterocycles. The van der Waals surface area contributed by atoms with Crippen LogP contribution in [0.2, 0.25) is 5.15 Å². The highest BCUT2D eigenvalue weighted by molar-refractivity contribution is 6.33. The van der Waals surface area contributed by atoms with Crippen molar-refractivity contribution in [3.05, 3.63) is 87.4 Å². The summed E-state index contributed by atoms with van der Waals surface area (Å²) in [4.78, 5) is 35.3. The molecule has 0 bridgehead atoms. The third-order valence-electron chi connectivity index (χ3n) is 4.63. The molecule has 0 radical (unpaired) electrons. The van der Waals surface area contributed by atoms with Crippen LogP contribution in [0.5, 0.6) is 0 Å². The van der Waals surface area contributed by atoms with Gasteiger partial charge in [0.1, 0.15) is 11.0 Å². The first kappa shape index (κ1) is 23.0. The number of benzene rings is 2. The number of rotatable bonds is 8. The van der Waals surface area contributed by atoms with Gasteiger partial charge >= 0.3 is 0 Å². The molecular weight excluding hydrogens is 437 g/mol. The molecule has 0 unspecified atom stereocenters. The molecule has 0 aliphatic carbocycles. The lowest BCUT2D eigenvalue weighted by molar-refractivity contribution is -0.117. The lowest BCUT2D eigenvalue weighted by Crippen LogP contribution is -2.33. The minimum absolute atomic E-state index is 0.186. The van der Waals surface area contributed by atoms with Gasteiger partial charge in [-0.3, -0.25) is 14.4 Å². The highest BCUT2D eigenvalue weighted by Crippen LogP contribution is 2.21. The van der Waals surface area contributed by atoms with Gasteiger partial charge in [0.25, 0.3) is 11.8 Å². The third kappa shape index (κ3) is 5.70. The summed E-state index contributed by atoms with van der Waals surface area (Å²) in [5.41, 5.74) is 7.65. The molecule has 3 rings (SSSR count). The molecule has 0 saturated heterocycles. The highest BCUT2D eigenvalue weighted by Gasteiger charge is 2.20. The van der Waals surface area contributed by atoms with E-state index in [1.807, 2.05) is 0 Å². The van der Waals surface area contributed by atoms with Gasteiger partial charge in [0.15, 0.2) is 0 Å². The summed E-state index contributed by atoms with van der Waals surface area (Å²) < 4.78 is 14.6. The van der Waals surface area contributed by atoms with E-state index in [0.717, 1.165) is 11.1 Å². The molecule has 0 atom stereocenters. The molecule has 0 spiro atoms. The van der Waals surface area contributed by atoms with Crippen LogP contribution >= 0.6 is 11.6 Å². The van der Waals surface area contributed by atoms with E-state index in [0.29, 0.717) is 17.8 Å². The minimum atomic E-state index is -0.632. The van der Waals surface area contributed by atoms with Crippen molar-refractivity contribution < 1.29 is 18.8 Å². The number of nitrogens with two attached hydrogens (primary N) is 1. The van der Waals surface area contributed by atoms with Gasteiger partial charge in [0.2, 0.25) is 5.91 Å². The third-order valence-corrected chi connectivity index (χ3v) is 5.01. The van der Waals surface area contributed by atoms with E-state index < -0.39 is 11.8 Å². The first-order valence-corrected chi connectivity index (χ1v) is 10.0. The lowest BCUT2D eigenvalue weighted by Gasteiger charge is -2.07. The van der Waals surface area contributed by atoms with E-state index in [1.165, 1.54) is 16.8 Å². The summed E-state index contributed by atoms with van der Waals surface area (Å²) >= 11 is 6.38. The molecule has 166 valence electrons. The van der Waals surface area contributed by atoms with E-state index >= 15 is 0 Å². The van der Waals surface area contributed by atoms with Crippen molar-refractivity contribution >= 4 is 29.3 Å². The first-order valence-electron chi connectivity index (χ1n) is 9.65. The van der Waals surface area contributed by atoms with Crippen molar-refractivity contribution in [1.29, 1.82) is 0 Å². The zero-order chi connectivity index (χ0) is 23.3. The topological polar surface area (TPSA) is 119 Å². The zero-order valence-electron chi connectivity index (χ0n) is 17.2. The van der Waals surface area contributed by atoms with Gasteiger partial charge in [-0.05, 0) is 42.3 Å². The normalized spacial score (nSPS) is 10.6. The SMILES string of the molecule is Cc1nn(Cc2ccc(F)cc2)c(Cl)c1C(=O)NCc1ccc(C(=O)NCC(N)=O)cc1. The van der Waals surface area contributed by atoms with Crippen molar-refractivity contribution in [2.24, 2.45) is 5.73 Å². The van der Waals surface area contributed by atoms with Crippen LogP contribution < -0.4 is 16.4 Å². The predicted octanol–water partition coefficient (Wildman–Crippen LogP) is 2.18. The molecule has 0 saturated carbocycles. The van der Waals surface area contributed by atoms with Gasteiger partial charge in [-0.2, -0.15) is 5.10 Å². The van der Waals surface area contributed by atoms with Gasteiger partial charge in [-0.1, -0.05) is 35.9 Å². The van der Waals surface area contributed by atoms with Gasteiger partial charge in [0.05, 0.1) is 24.3 Å². The van der Waals surface area contributed by atoms with Crippen molar-refractivity contribution in [3.63, 3.8) is 0 Å². The van der Waals surface area contributed by atoms with E-state index in [1.54, 1.807) is 43.3 Å². The molecule has 4 N–H and O–H groups in total. The van der Waals surface area contributed by atoms with Gasteiger partial charge in [0, 0.05) is 12.1 Å². The zero-order valence-corrected chi connectivity index (χ0v) is 17.9. The average molecular weight is 458 g/mol. The van der Waals surface area contributed by atoms with E-state index in [2.05, 4.69) is 15.7 Å². The maximum absolute atomic E-state index is 13.1. The van der Waals surface area contributed by atoms with Crippen LogP contribution in [0.3, 0.4) is 0 Å². The van der Waals surface area contributed by atoms with Crippen LogP contribution in [0.4, 0.5) is 4.39 Å². The smallest absolute Gasteiger partial charge is 0.256 e. The van der Waals surface area contributed by atoms with E-state index in [9.17, 15) is 18.8 Å². The Kier molecular flexibility index (Phi) is 7.21. The van der Waals surface area contributed by atoms with Crippen LogP contribution in [0.1, 0.15) is 37.5 Å². The second-order valence-corrected chi connectivity index (χ2v) is 7.42. The Labute approximate surface area is 188 Å². The summed E-state index contributed by atoms with van der Waals surface area (Å²) in [6.07, 6.45) is 0. The maximum atomic E-state index is 13.1. The van der Waals surface area contributed by atoms with Crippen molar-refractivity contribution in [2.75, 3.05) is 6.54 Å². The largest absolute Gasteiger partial charge is 0.368 e. The predicted molar refractivity (Wildman–Crippen MR) is 117 cm³/mol. The number of carbonyl (C=O) groups excluding carboxylic acids is 3. The van der Waals surface area contributed by atoms with Crippen LogP contribution in [0.15, 0.2) is 48.5 Å². The minimum Gasteiger partial charge on any atom is -0.368 e. The number of hydrogen-bond acceptors (Lipinski definition) is 4. The van der Waals surface area contributed by atoms with Crippen molar-refractivity contribution in [1.82, 2.24) is 20.4 Å². The molecule has 3 amide bonds. The number of primary amides is 1. The summed E-state index contributed by atoms with van der Waals surface area (Å²) in [7, 11) is 0. The fraction of sp³-hybridized carbons (Fsp3) is 0.182. The Morgan fingerprint density at radius 2 is 1.62 bits per heavy atom. The van der Waals surface area contributed by atoms with Crippen LogP contribution in [0, 0.1) is 12.7 Å². The van der Waals surface area contributed by atoms with Gasteiger partial charge in [-0.15, -0.1) is 0 Å². The number of aromatic nitrogens is 2. The lowest BCUT2D eigenvalue weighted by atomic mass is 10.1. The van der Waals surface area contributed by atoms with Crippen molar-refractivity contribution in [2.45, 2.75) is 20.0 Å². The Hall–Kier alpha value is -3.72. The van der Waals surface area contributed by atoms with E-state index in [-0.39, 0.29) is 35.5 Å². The fourth-order valence-corrected chi connectivity index (χ4v) is 3.31. The monoisotopic (exact) mass is 457 g/mol. The molecule has 3 aromatic rings. The molecule has 32 heavy (non-hydrogen) atoms. The Bertz CT molecular complexity index is 1140. The number of nitrogens with zero attached hydrogens (tertiary/aromatic N) is 2. The van der Waals surface area contributed by atoms with Crippen molar-refractivity contribution in [3.8, 4) is 0 Å². The fourth-order valence-electron chi connectivity index (χ4n) is 2.99. The first-order chi connectivity index (χ1) is 15.2. The highest BCUT2D eigenvalue weighted by atomic mass is 35.5. The summed E-state index contributed by atoms with van der Waals surface area (Å²) in [6, 6.07) is 12.5. The second-order valence-electron chi connectivity index (χ2n) is 7.06. The summed E-state index contributed by atoms with van der Waals surface area (Å²) in [6.45, 7) is 1.94. The Balaban J connectivity index is 1.62. The molecular formula is C22H21ClFN5O3. The molecule has 2 aromatic carbocycles. The molecule has 10 heteroatoms. The van der Waals surface area contributed by atoms with Crippen LogP contribution in [0.25, 0.3) is 0 Å². The maximum Gasteiger partial charge on any atom is 0.256 e. The number of nitrogens with one attached hydrogen (secondary N) is 2. The molecule has 1 heterocycles. The average Bonchev–Trinajstić information content (AvgIpc) is 3.05. The Morgan fingerprint density at radius 1 is 1.00 bits per heavy atom. The van der Waals surface area contributed by atoms with E-state index in [4.69, 9.17) is 17.3 Å². The number of hydrogen-bond donors (Lipinski definition) is 3.